The number of benzene rings is 2. The van der Waals surface area contributed by atoms with Gasteiger partial charge >= 0.3 is 0 Å². The van der Waals surface area contributed by atoms with Crippen molar-refractivity contribution in [3.8, 4) is 0 Å². The van der Waals surface area contributed by atoms with Gasteiger partial charge in [0.1, 0.15) is 12.6 Å². The minimum Gasteiger partial charge on any atom is -0.357 e. The van der Waals surface area contributed by atoms with E-state index in [1.165, 1.54) is 11.9 Å². The highest BCUT2D eigenvalue weighted by Crippen LogP contribution is 2.26. The Hall–Kier alpha value is -2.58. The lowest BCUT2D eigenvalue weighted by molar-refractivity contribution is -0.139. The molecule has 168 valence electrons. The summed E-state index contributed by atoms with van der Waals surface area (Å²) in [5.74, 6) is -0.824. The molecule has 0 aromatic heterocycles. The van der Waals surface area contributed by atoms with Crippen LogP contribution in [0.2, 0.25) is 5.02 Å². The quantitative estimate of drug-likeness (QED) is 0.649. The van der Waals surface area contributed by atoms with Gasteiger partial charge in [-0.25, -0.2) is 8.42 Å². The van der Waals surface area contributed by atoms with Crippen molar-refractivity contribution in [2.45, 2.75) is 33.4 Å². The van der Waals surface area contributed by atoms with Crippen molar-refractivity contribution in [2.24, 2.45) is 0 Å². The molecule has 0 radical (unpaired) electrons. The third-order valence-corrected chi connectivity index (χ3v) is 6.48. The third-order valence-electron chi connectivity index (χ3n) is 5.12. The smallest absolute Gasteiger partial charge is 0.244 e. The van der Waals surface area contributed by atoms with Crippen molar-refractivity contribution in [1.82, 2.24) is 10.2 Å². The van der Waals surface area contributed by atoms with Crippen molar-refractivity contribution in [3.05, 3.63) is 64.2 Å². The van der Waals surface area contributed by atoms with Crippen LogP contribution in [0.3, 0.4) is 0 Å². The van der Waals surface area contributed by atoms with E-state index in [0.717, 1.165) is 21.7 Å². The average molecular weight is 466 g/mol. The van der Waals surface area contributed by atoms with Crippen LogP contribution in [0, 0.1) is 13.8 Å². The van der Waals surface area contributed by atoms with E-state index in [9.17, 15) is 18.0 Å². The Morgan fingerprint density at radius 3 is 2.29 bits per heavy atom. The summed E-state index contributed by atoms with van der Waals surface area (Å²) in [7, 11) is -2.28. The molecule has 9 heteroatoms. The lowest BCUT2D eigenvalue weighted by Crippen LogP contribution is -2.50. The van der Waals surface area contributed by atoms with E-state index in [1.54, 1.807) is 32.0 Å². The van der Waals surface area contributed by atoms with Crippen LogP contribution in [0.1, 0.15) is 23.6 Å². The van der Waals surface area contributed by atoms with Crippen molar-refractivity contribution in [2.75, 3.05) is 24.2 Å². The van der Waals surface area contributed by atoms with E-state index >= 15 is 0 Å². The van der Waals surface area contributed by atoms with Gasteiger partial charge in [0.25, 0.3) is 0 Å². The van der Waals surface area contributed by atoms with Gasteiger partial charge in [-0.3, -0.25) is 13.9 Å². The first kappa shape index (κ1) is 24.7. The number of likely N-dealkylation sites (N-methyl/N-ethyl adjacent to an activating group) is 1. The highest BCUT2D eigenvalue weighted by Gasteiger charge is 2.30. The molecule has 1 unspecified atom stereocenters. The maximum Gasteiger partial charge on any atom is 0.244 e. The molecule has 2 aromatic rings. The highest BCUT2D eigenvalue weighted by atomic mass is 35.5. The summed E-state index contributed by atoms with van der Waals surface area (Å²) >= 11 is 6.00. The monoisotopic (exact) mass is 465 g/mol. The maximum atomic E-state index is 13.3. The molecule has 0 aliphatic heterocycles. The fourth-order valence-electron chi connectivity index (χ4n) is 3.26. The molecule has 0 saturated heterocycles. The standard InChI is InChI=1S/C22H28ClN3O4S/c1-15-8-6-7-9-18(15)13-25(17(3)22(28)24-4)21(27)14-26(31(5,29)30)20-11-10-19(23)12-16(20)2/h6-12,17H,13-14H2,1-5H3,(H,24,28). The zero-order valence-corrected chi connectivity index (χ0v) is 19.9. The van der Waals surface area contributed by atoms with E-state index in [4.69, 9.17) is 11.6 Å². The number of hydrogen-bond acceptors (Lipinski definition) is 4. The van der Waals surface area contributed by atoms with Gasteiger partial charge in [-0.1, -0.05) is 35.9 Å². The number of nitrogens with zero attached hydrogens (tertiary/aromatic N) is 2. The molecule has 31 heavy (non-hydrogen) atoms. The summed E-state index contributed by atoms with van der Waals surface area (Å²) in [6.07, 6.45) is 1.04. The third kappa shape index (κ3) is 6.21. The predicted molar refractivity (Wildman–Crippen MR) is 124 cm³/mol. The minimum absolute atomic E-state index is 0.178. The van der Waals surface area contributed by atoms with Gasteiger partial charge < -0.3 is 10.2 Å². The maximum absolute atomic E-state index is 13.3. The minimum atomic E-state index is -3.77. The second-order valence-electron chi connectivity index (χ2n) is 7.44. The van der Waals surface area contributed by atoms with Crippen molar-refractivity contribution >= 4 is 39.1 Å². The summed E-state index contributed by atoms with van der Waals surface area (Å²) in [6.45, 7) is 5.00. The van der Waals surface area contributed by atoms with Crippen molar-refractivity contribution in [1.29, 1.82) is 0 Å². The number of nitrogens with one attached hydrogen (secondary N) is 1. The number of rotatable bonds is 8. The molecule has 0 saturated carbocycles. The van der Waals surface area contributed by atoms with Crippen LogP contribution >= 0.6 is 11.6 Å². The number of aryl methyl sites for hydroxylation is 2. The molecule has 7 nitrogen and oxygen atoms in total. The molecule has 0 aliphatic carbocycles. The van der Waals surface area contributed by atoms with Crippen molar-refractivity contribution in [3.63, 3.8) is 0 Å². The number of carbonyl (C=O) groups is 2. The Balaban J connectivity index is 2.43. The van der Waals surface area contributed by atoms with E-state index < -0.39 is 28.5 Å². The van der Waals surface area contributed by atoms with Crippen LogP contribution in [0.25, 0.3) is 0 Å². The second-order valence-corrected chi connectivity index (χ2v) is 9.78. The first-order valence-corrected chi connectivity index (χ1v) is 12.0. The molecule has 1 atom stereocenters. The molecule has 1 N–H and O–H groups in total. The van der Waals surface area contributed by atoms with E-state index in [0.29, 0.717) is 16.3 Å². The Labute approximate surface area is 189 Å². The predicted octanol–water partition coefficient (Wildman–Crippen LogP) is 2.89. The SMILES string of the molecule is CNC(=O)C(C)N(Cc1ccccc1C)C(=O)CN(c1ccc(Cl)cc1C)S(C)(=O)=O. The number of carbonyl (C=O) groups excluding carboxylic acids is 2. The molecule has 2 amide bonds. The number of anilines is 1. The van der Waals surface area contributed by atoms with E-state index in [-0.39, 0.29) is 12.5 Å². The first-order chi connectivity index (χ1) is 14.5. The Morgan fingerprint density at radius 2 is 1.74 bits per heavy atom. The Kier molecular flexibility index (Phi) is 8.08. The summed E-state index contributed by atoms with van der Waals surface area (Å²) in [5.41, 5.74) is 2.83. The molecule has 2 aromatic carbocycles. The molecular formula is C22H28ClN3O4S. The molecule has 0 spiro atoms. The average Bonchev–Trinajstić information content (AvgIpc) is 2.70. The molecule has 0 aliphatic rings. The lowest BCUT2D eigenvalue weighted by Gasteiger charge is -2.32. The molecule has 0 bridgehead atoms. The molecular weight excluding hydrogens is 438 g/mol. The molecule has 0 fully saturated rings. The normalized spacial score (nSPS) is 12.2. The van der Waals surface area contributed by atoms with Gasteiger partial charge in [-0.05, 0) is 55.7 Å². The summed E-state index contributed by atoms with van der Waals surface area (Å²) in [6, 6.07) is 11.5. The first-order valence-electron chi connectivity index (χ1n) is 9.75. The van der Waals surface area contributed by atoms with Crippen LogP contribution in [0.15, 0.2) is 42.5 Å². The number of sulfonamides is 1. The number of hydrogen-bond donors (Lipinski definition) is 1. The fraction of sp³-hybridized carbons (Fsp3) is 0.364. The van der Waals surface area contributed by atoms with Crippen LogP contribution < -0.4 is 9.62 Å². The Bertz CT molecular complexity index is 1070. The summed E-state index contributed by atoms with van der Waals surface area (Å²) in [5, 5.41) is 3.02. The topological polar surface area (TPSA) is 86.8 Å². The summed E-state index contributed by atoms with van der Waals surface area (Å²) < 4.78 is 26.1. The van der Waals surface area contributed by atoms with Gasteiger partial charge in [0, 0.05) is 18.6 Å². The Morgan fingerprint density at radius 1 is 1.10 bits per heavy atom. The van der Waals surface area contributed by atoms with Gasteiger partial charge in [0.15, 0.2) is 0 Å². The van der Waals surface area contributed by atoms with Gasteiger partial charge in [0.2, 0.25) is 21.8 Å². The van der Waals surface area contributed by atoms with Crippen LogP contribution in [0.5, 0.6) is 0 Å². The van der Waals surface area contributed by atoms with Crippen LogP contribution in [0.4, 0.5) is 5.69 Å². The zero-order valence-electron chi connectivity index (χ0n) is 18.3. The van der Waals surface area contributed by atoms with E-state index in [2.05, 4.69) is 5.32 Å². The van der Waals surface area contributed by atoms with Gasteiger partial charge in [-0.2, -0.15) is 0 Å². The number of halogens is 1. The van der Waals surface area contributed by atoms with Crippen molar-refractivity contribution < 1.29 is 18.0 Å². The van der Waals surface area contributed by atoms with Gasteiger partial charge in [-0.15, -0.1) is 0 Å². The molecule has 2 rings (SSSR count). The second kappa shape index (κ2) is 10.2. The van der Waals surface area contributed by atoms with Crippen LogP contribution in [-0.4, -0.2) is 51.0 Å². The van der Waals surface area contributed by atoms with Crippen LogP contribution in [-0.2, 0) is 26.2 Å². The fourth-order valence-corrected chi connectivity index (χ4v) is 4.39. The van der Waals surface area contributed by atoms with E-state index in [1.807, 2.05) is 31.2 Å². The lowest BCUT2D eigenvalue weighted by atomic mass is 10.1. The largest absolute Gasteiger partial charge is 0.357 e. The highest BCUT2D eigenvalue weighted by molar-refractivity contribution is 7.92. The van der Waals surface area contributed by atoms with Gasteiger partial charge in [0.05, 0.1) is 11.9 Å². The zero-order chi connectivity index (χ0) is 23.3. The number of amides is 2. The summed E-state index contributed by atoms with van der Waals surface area (Å²) in [4.78, 5) is 27.1. The molecule has 0 heterocycles.